The molecule has 190 valence electrons. The van der Waals surface area contributed by atoms with Crippen LogP contribution in [0.5, 0.6) is 0 Å². The summed E-state index contributed by atoms with van der Waals surface area (Å²) < 4.78 is 40.1. The number of halogens is 3. The molecule has 1 aliphatic heterocycles. The molecule has 1 aliphatic rings. The number of aryl methyl sites for hydroxylation is 1. The Hall–Kier alpha value is -3.62. The van der Waals surface area contributed by atoms with Crippen molar-refractivity contribution in [3.63, 3.8) is 0 Å². The van der Waals surface area contributed by atoms with E-state index in [1.54, 1.807) is 4.90 Å². The van der Waals surface area contributed by atoms with Crippen molar-refractivity contribution in [3.05, 3.63) is 71.4 Å². The van der Waals surface area contributed by atoms with Gasteiger partial charge < -0.3 is 15.1 Å². The molecule has 0 unspecified atom stereocenters. The molecular weight excluding hydrogens is 467 g/mol. The van der Waals surface area contributed by atoms with Crippen LogP contribution in [0.2, 0.25) is 0 Å². The molecule has 1 fully saturated rings. The topological polar surface area (TPSA) is 61.4 Å². The third-order valence-electron chi connectivity index (χ3n) is 6.28. The van der Waals surface area contributed by atoms with Gasteiger partial charge in [-0.25, -0.2) is 14.8 Å². The van der Waals surface area contributed by atoms with Gasteiger partial charge in [-0.1, -0.05) is 56.3 Å². The Labute approximate surface area is 209 Å². The molecular formula is C27H30F3N5O. The number of aromatic nitrogens is 2. The fourth-order valence-corrected chi connectivity index (χ4v) is 4.57. The van der Waals surface area contributed by atoms with Gasteiger partial charge in [0.1, 0.15) is 5.82 Å². The zero-order chi connectivity index (χ0) is 25.9. The summed E-state index contributed by atoms with van der Waals surface area (Å²) in [4.78, 5) is 26.3. The minimum absolute atomic E-state index is 0.200. The predicted octanol–water partition coefficient (Wildman–Crippen LogP) is 6.34. The van der Waals surface area contributed by atoms with Crippen LogP contribution in [0.15, 0.2) is 54.6 Å². The summed E-state index contributed by atoms with van der Waals surface area (Å²) in [5.74, 6) is 1.70. The number of nitrogens with one attached hydrogen (secondary N) is 1. The van der Waals surface area contributed by atoms with E-state index in [-0.39, 0.29) is 11.6 Å². The highest BCUT2D eigenvalue weighted by Crippen LogP contribution is 2.35. The van der Waals surface area contributed by atoms with Crippen molar-refractivity contribution in [3.8, 4) is 11.4 Å². The molecule has 2 amide bonds. The second-order valence-corrected chi connectivity index (χ2v) is 9.19. The summed E-state index contributed by atoms with van der Waals surface area (Å²) in [6.45, 7) is 8.18. The molecule has 0 saturated carbocycles. The van der Waals surface area contributed by atoms with Gasteiger partial charge in [0, 0.05) is 43.0 Å². The van der Waals surface area contributed by atoms with Crippen LogP contribution < -0.4 is 10.2 Å². The second-order valence-electron chi connectivity index (χ2n) is 9.19. The van der Waals surface area contributed by atoms with Crippen molar-refractivity contribution in [2.45, 2.75) is 39.3 Å². The maximum absolute atomic E-state index is 13.4. The molecule has 36 heavy (non-hydrogen) atoms. The minimum atomic E-state index is -4.55. The Bertz CT molecular complexity index is 1210. The summed E-state index contributed by atoms with van der Waals surface area (Å²) >= 11 is 0. The number of amides is 2. The summed E-state index contributed by atoms with van der Waals surface area (Å²) in [5, 5.41) is 2.46. The van der Waals surface area contributed by atoms with Crippen LogP contribution in [0.1, 0.15) is 43.0 Å². The Balaban J connectivity index is 1.55. The van der Waals surface area contributed by atoms with Crippen LogP contribution in [0.3, 0.4) is 0 Å². The van der Waals surface area contributed by atoms with Crippen LogP contribution >= 0.6 is 0 Å². The monoisotopic (exact) mass is 497 g/mol. The lowest BCUT2D eigenvalue weighted by Crippen LogP contribution is -2.38. The largest absolute Gasteiger partial charge is 0.418 e. The number of anilines is 2. The van der Waals surface area contributed by atoms with Crippen LogP contribution in [-0.2, 0) is 6.18 Å². The molecule has 2 heterocycles. The number of benzene rings is 2. The summed E-state index contributed by atoms with van der Waals surface area (Å²) in [7, 11) is 0. The first kappa shape index (κ1) is 25.5. The lowest BCUT2D eigenvalue weighted by Gasteiger charge is -2.27. The first-order chi connectivity index (χ1) is 17.1. The Kier molecular flexibility index (Phi) is 7.47. The quantitative estimate of drug-likeness (QED) is 0.457. The molecule has 0 atom stereocenters. The van der Waals surface area contributed by atoms with Gasteiger partial charge in [0.05, 0.1) is 11.3 Å². The average Bonchev–Trinajstić information content (AvgIpc) is 3.10. The van der Waals surface area contributed by atoms with Crippen LogP contribution in [-0.4, -0.2) is 47.1 Å². The number of carbonyl (C=O) groups is 1. The summed E-state index contributed by atoms with van der Waals surface area (Å²) in [5.41, 5.74) is 1.80. The van der Waals surface area contributed by atoms with Crippen molar-refractivity contribution in [1.29, 1.82) is 0 Å². The summed E-state index contributed by atoms with van der Waals surface area (Å²) in [6, 6.07) is 14.3. The molecule has 6 nitrogen and oxygen atoms in total. The highest BCUT2D eigenvalue weighted by atomic mass is 19.4. The van der Waals surface area contributed by atoms with E-state index in [0.29, 0.717) is 38.4 Å². The van der Waals surface area contributed by atoms with E-state index in [1.807, 2.05) is 37.3 Å². The van der Waals surface area contributed by atoms with Gasteiger partial charge in [-0.2, -0.15) is 13.2 Å². The van der Waals surface area contributed by atoms with E-state index < -0.39 is 17.8 Å². The summed E-state index contributed by atoms with van der Waals surface area (Å²) in [6.07, 6.45) is -3.89. The van der Waals surface area contributed by atoms with Gasteiger partial charge in [-0.3, -0.25) is 0 Å². The SMILES string of the molecule is Cc1nc(-c2ccccc2)nc(N2CCCN(C(=O)Nc3ccccc3C(F)(F)F)CC2)c1C(C)C. The van der Waals surface area contributed by atoms with Crippen LogP contribution in [0, 0.1) is 6.92 Å². The molecule has 1 saturated heterocycles. The maximum atomic E-state index is 13.4. The third kappa shape index (κ3) is 5.61. The molecule has 3 aromatic rings. The van der Waals surface area contributed by atoms with E-state index in [1.165, 1.54) is 18.2 Å². The van der Waals surface area contributed by atoms with Crippen LogP contribution in [0.25, 0.3) is 11.4 Å². The van der Waals surface area contributed by atoms with E-state index in [0.717, 1.165) is 28.7 Å². The predicted molar refractivity (Wildman–Crippen MR) is 135 cm³/mol. The molecule has 4 rings (SSSR count). The number of carbonyl (C=O) groups excluding carboxylic acids is 1. The van der Waals surface area contributed by atoms with Gasteiger partial charge >= 0.3 is 12.2 Å². The normalized spacial score (nSPS) is 14.6. The van der Waals surface area contributed by atoms with E-state index >= 15 is 0 Å². The number of nitrogens with zero attached hydrogens (tertiary/aromatic N) is 4. The van der Waals surface area contributed by atoms with Gasteiger partial charge in [0.2, 0.25) is 0 Å². The van der Waals surface area contributed by atoms with E-state index in [4.69, 9.17) is 9.97 Å². The lowest BCUT2D eigenvalue weighted by molar-refractivity contribution is -0.136. The van der Waals surface area contributed by atoms with E-state index in [2.05, 4.69) is 24.1 Å². The van der Waals surface area contributed by atoms with Gasteiger partial charge in [0.25, 0.3) is 0 Å². The second kappa shape index (κ2) is 10.6. The first-order valence-corrected chi connectivity index (χ1v) is 12.1. The number of para-hydroxylation sites is 1. The number of hydrogen-bond donors (Lipinski definition) is 1. The molecule has 1 N–H and O–H groups in total. The number of rotatable bonds is 4. The smallest absolute Gasteiger partial charge is 0.354 e. The zero-order valence-corrected chi connectivity index (χ0v) is 20.6. The van der Waals surface area contributed by atoms with Gasteiger partial charge in [-0.15, -0.1) is 0 Å². The Morgan fingerprint density at radius 2 is 1.64 bits per heavy atom. The van der Waals surface area contributed by atoms with Gasteiger partial charge in [0.15, 0.2) is 5.82 Å². The molecule has 2 aromatic carbocycles. The molecule has 1 aromatic heterocycles. The van der Waals surface area contributed by atoms with Crippen molar-refractivity contribution in [2.75, 3.05) is 36.4 Å². The Morgan fingerprint density at radius 3 is 2.33 bits per heavy atom. The van der Waals surface area contributed by atoms with Crippen molar-refractivity contribution < 1.29 is 18.0 Å². The molecule has 0 radical (unpaired) electrons. The highest BCUT2D eigenvalue weighted by Gasteiger charge is 2.34. The minimum Gasteiger partial charge on any atom is -0.354 e. The molecule has 9 heteroatoms. The fourth-order valence-electron chi connectivity index (χ4n) is 4.57. The number of alkyl halides is 3. The Morgan fingerprint density at radius 1 is 0.944 bits per heavy atom. The average molecular weight is 498 g/mol. The van der Waals surface area contributed by atoms with Crippen molar-refractivity contribution in [1.82, 2.24) is 14.9 Å². The molecule has 0 spiro atoms. The van der Waals surface area contributed by atoms with E-state index in [9.17, 15) is 18.0 Å². The molecule has 0 aliphatic carbocycles. The van der Waals surface area contributed by atoms with Crippen LogP contribution in [0.4, 0.5) is 29.5 Å². The fraction of sp³-hybridized carbons (Fsp3) is 0.370. The lowest BCUT2D eigenvalue weighted by atomic mass is 10.0. The zero-order valence-electron chi connectivity index (χ0n) is 20.6. The standard InChI is InChI=1S/C27H30F3N5O/c1-18(2)23-19(3)31-24(20-10-5-4-6-11-20)33-25(23)34-14-9-15-35(17-16-34)26(36)32-22-13-8-7-12-21(22)27(28,29)30/h4-8,10-13,18H,9,14-17H2,1-3H3,(H,32,36). The van der Waals surface area contributed by atoms with Crippen molar-refractivity contribution in [2.24, 2.45) is 0 Å². The third-order valence-corrected chi connectivity index (χ3v) is 6.28. The first-order valence-electron chi connectivity index (χ1n) is 12.1. The van der Waals surface area contributed by atoms with Gasteiger partial charge in [-0.05, 0) is 31.4 Å². The number of hydrogen-bond acceptors (Lipinski definition) is 4. The highest BCUT2D eigenvalue weighted by molar-refractivity contribution is 5.90. The molecule has 0 bridgehead atoms. The maximum Gasteiger partial charge on any atom is 0.418 e. The number of urea groups is 1. The van der Waals surface area contributed by atoms with Crippen molar-refractivity contribution >= 4 is 17.5 Å².